The fourth-order valence-corrected chi connectivity index (χ4v) is 4.47. The largest absolute Gasteiger partial charge is 0.478 e. The lowest BCUT2D eigenvalue weighted by molar-refractivity contribution is 0.0697. The predicted molar refractivity (Wildman–Crippen MR) is 128 cm³/mol. The van der Waals surface area contributed by atoms with Crippen molar-refractivity contribution in [2.45, 2.75) is 25.5 Å². The number of aliphatic imine (C=N–C) groups is 1. The molecule has 2 aromatic rings. The molecule has 0 aliphatic carbocycles. The average molecular weight is 467 g/mol. The Balaban J connectivity index is 1.23. The van der Waals surface area contributed by atoms with Crippen LogP contribution in [0.15, 0.2) is 47.5 Å². The molecule has 0 bridgehead atoms. The molecule has 2 saturated heterocycles. The molecule has 0 radical (unpaired) electrons. The number of carboxylic acids is 1. The van der Waals surface area contributed by atoms with Crippen LogP contribution < -0.4 is 14.8 Å². The minimum absolute atomic E-state index is 0.148. The van der Waals surface area contributed by atoms with E-state index < -0.39 is 5.97 Å². The molecule has 34 heavy (non-hydrogen) atoms. The van der Waals surface area contributed by atoms with Crippen molar-refractivity contribution in [2.24, 2.45) is 4.99 Å². The molecule has 9 heteroatoms. The Morgan fingerprint density at radius 2 is 1.94 bits per heavy atom. The number of fused-ring (bicyclic) bond motifs is 1. The van der Waals surface area contributed by atoms with Crippen LogP contribution >= 0.6 is 0 Å². The van der Waals surface area contributed by atoms with Crippen molar-refractivity contribution in [1.82, 2.24) is 9.80 Å². The molecule has 0 amide bonds. The maximum Gasteiger partial charge on any atom is 0.335 e. The van der Waals surface area contributed by atoms with Crippen molar-refractivity contribution in [3.05, 3.63) is 53.6 Å². The highest BCUT2D eigenvalue weighted by Gasteiger charge is 2.23. The number of anilines is 1. The molecular formula is C25H30N4O5. The molecule has 3 aliphatic heterocycles. The first kappa shape index (κ1) is 22.5. The zero-order chi connectivity index (χ0) is 23.3. The Labute approximate surface area is 198 Å². The van der Waals surface area contributed by atoms with Gasteiger partial charge in [0.2, 0.25) is 6.79 Å². The lowest BCUT2D eigenvalue weighted by atomic mass is 10.1. The molecule has 0 aromatic heterocycles. The number of guanidine groups is 1. The summed E-state index contributed by atoms with van der Waals surface area (Å²) in [5.74, 6) is 1.44. The van der Waals surface area contributed by atoms with E-state index in [0.29, 0.717) is 12.2 Å². The number of piperazine rings is 1. The van der Waals surface area contributed by atoms with Crippen LogP contribution in [0.25, 0.3) is 0 Å². The number of nitrogens with zero attached hydrogens (tertiary/aromatic N) is 3. The topological polar surface area (TPSA) is 95.9 Å². The number of aromatic carboxylic acids is 1. The summed E-state index contributed by atoms with van der Waals surface area (Å²) in [7, 11) is 0. The molecule has 5 rings (SSSR count). The van der Waals surface area contributed by atoms with Gasteiger partial charge in [-0.15, -0.1) is 0 Å². The summed E-state index contributed by atoms with van der Waals surface area (Å²) in [5, 5.41) is 12.7. The first-order valence-electron chi connectivity index (χ1n) is 11.8. The van der Waals surface area contributed by atoms with Crippen molar-refractivity contribution in [3.63, 3.8) is 0 Å². The summed E-state index contributed by atoms with van der Waals surface area (Å²) < 4.78 is 16.7. The molecule has 180 valence electrons. The number of ether oxygens (including phenoxy) is 3. The second kappa shape index (κ2) is 10.3. The van der Waals surface area contributed by atoms with E-state index in [9.17, 15) is 9.90 Å². The lowest BCUT2D eigenvalue weighted by Crippen LogP contribution is -2.50. The number of carboxylic acid groups (broad SMARTS) is 1. The summed E-state index contributed by atoms with van der Waals surface area (Å²) in [6.45, 7) is 5.95. The lowest BCUT2D eigenvalue weighted by Gasteiger charge is -2.36. The molecule has 9 nitrogen and oxygen atoms in total. The zero-order valence-electron chi connectivity index (χ0n) is 19.1. The highest BCUT2D eigenvalue weighted by molar-refractivity contribution is 5.95. The maximum absolute atomic E-state index is 11.4. The Morgan fingerprint density at radius 3 is 2.74 bits per heavy atom. The van der Waals surface area contributed by atoms with Crippen LogP contribution in [0.2, 0.25) is 0 Å². The summed E-state index contributed by atoms with van der Waals surface area (Å²) >= 11 is 0. The standard InChI is InChI=1S/C25H30N4O5/c30-24(31)19-3-1-4-20(14-19)27-25(26-15-21-5-2-12-32-21)29-10-8-28(9-11-29)16-18-6-7-22-23(13-18)34-17-33-22/h1,3-4,6-7,13-14,21H,2,5,8-12,15-17H2,(H,26,27)(H,30,31). The van der Waals surface area contributed by atoms with Crippen molar-refractivity contribution in [3.8, 4) is 11.5 Å². The number of carbonyl (C=O) groups is 1. The second-order valence-corrected chi connectivity index (χ2v) is 8.76. The quantitative estimate of drug-likeness (QED) is 0.496. The molecule has 1 unspecified atom stereocenters. The first-order chi connectivity index (χ1) is 16.6. The van der Waals surface area contributed by atoms with Crippen LogP contribution in [0.4, 0.5) is 5.69 Å². The van der Waals surface area contributed by atoms with Crippen LogP contribution in [-0.2, 0) is 11.3 Å². The van der Waals surface area contributed by atoms with Gasteiger partial charge in [0.25, 0.3) is 0 Å². The number of hydrogen-bond donors (Lipinski definition) is 2. The molecule has 2 aromatic carbocycles. The number of hydrogen-bond acceptors (Lipinski definition) is 6. The Morgan fingerprint density at radius 1 is 1.09 bits per heavy atom. The molecule has 3 aliphatic rings. The number of rotatable bonds is 6. The molecule has 0 saturated carbocycles. The molecule has 1 atom stereocenters. The normalized spacial score (nSPS) is 20.5. The van der Waals surface area contributed by atoms with Crippen molar-refractivity contribution < 1.29 is 24.1 Å². The molecule has 2 fully saturated rings. The van der Waals surface area contributed by atoms with Crippen LogP contribution in [0.3, 0.4) is 0 Å². The third kappa shape index (κ3) is 5.43. The highest BCUT2D eigenvalue weighted by Crippen LogP contribution is 2.32. The van der Waals surface area contributed by atoms with E-state index in [2.05, 4.69) is 27.2 Å². The van der Waals surface area contributed by atoms with Crippen LogP contribution in [0, 0.1) is 0 Å². The van der Waals surface area contributed by atoms with Gasteiger partial charge in [0, 0.05) is 45.0 Å². The minimum atomic E-state index is -0.946. The van der Waals surface area contributed by atoms with Gasteiger partial charge >= 0.3 is 5.97 Å². The van der Waals surface area contributed by atoms with Crippen LogP contribution in [-0.4, -0.2) is 79.1 Å². The molecule has 3 heterocycles. The first-order valence-corrected chi connectivity index (χ1v) is 11.8. The van der Waals surface area contributed by atoms with E-state index in [-0.39, 0.29) is 18.5 Å². The van der Waals surface area contributed by atoms with Gasteiger partial charge in [0.05, 0.1) is 18.2 Å². The Bertz CT molecular complexity index is 1050. The van der Waals surface area contributed by atoms with E-state index in [0.717, 1.165) is 69.6 Å². The summed E-state index contributed by atoms with van der Waals surface area (Å²) in [6, 6.07) is 13.0. The van der Waals surface area contributed by atoms with Gasteiger partial charge in [-0.05, 0) is 48.7 Å². The van der Waals surface area contributed by atoms with E-state index in [1.54, 1.807) is 18.2 Å². The van der Waals surface area contributed by atoms with E-state index in [1.165, 1.54) is 5.56 Å². The fraction of sp³-hybridized carbons (Fsp3) is 0.440. The van der Waals surface area contributed by atoms with E-state index >= 15 is 0 Å². The van der Waals surface area contributed by atoms with Gasteiger partial charge < -0.3 is 29.5 Å². The summed E-state index contributed by atoms with van der Waals surface area (Å²) in [4.78, 5) is 20.9. The summed E-state index contributed by atoms with van der Waals surface area (Å²) in [5.41, 5.74) is 2.17. The van der Waals surface area contributed by atoms with Crippen molar-refractivity contribution in [2.75, 3.05) is 51.4 Å². The third-order valence-corrected chi connectivity index (χ3v) is 6.35. The van der Waals surface area contributed by atoms with Gasteiger partial charge in [-0.2, -0.15) is 0 Å². The highest BCUT2D eigenvalue weighted by atomic mass is 16.7. The van der Waals surface area contributed by atoms with Crippen molar-refractivity contribution in [1.29, 1.82) is 0 Å². The number of benzene rings is 2. The van der Waals surface area contributed by atoms with E-state index in [1.807, 2.05) is 12.1 Å². The van der Waals surface area contributed by atoms with Crippen molar-refractivity contribution >= 4 is 17.6 Å². The molecule has 0 spiro atoms. The maximum atomic E-state index is 11.4. The fourth-order valence-electron chi connectivity index (χ4n) is 4.47. The van der Waals surface area contributed by atoms with Gasteiger partial charge in [0.1, 0.15) is 0 Å². The van der Waals surface area contributed by atoms with Crippen LogP contribution in [0.5, 0.6) is 11.5 Å². The smallest absolute Gasteiger partial charge is 0.335 e. The Kier molecular flexibility index (Phi) is 6.82. The zero-order valence-corrected chi connectivity index (χ0v) is 19.1. The minimum Gasteiger partial charge on any atom is -0.478 e. The Hall–Kier alpha value is -3.30. The third-order valence-electron chi connectivity index (χ3n) is 6.35. The predicted octanol–water partition coefficient (Wildman–Crippen LogP) is 2.88. The van der Waals surface area contributed by atoms with Gasteiger partial charge in [-0.1, -0.05) is 12.1 Å². The summed E-state index contributed by atoms with van der Waals surface area (Å²) in [6.07, 6.45) is 2.24. The monoisotopic (exact) mass is 466 g/mol. The van der Waals surface area contributed by atoms with Crippen LogP contribution in [0.1, 0.15) is 28.8 Å². The average Bonchev–Trinajstić information content (AvgIpc) is 3.54. The van der Waals surface area contributed by atoms with Gasteiger partial charge in [-0.25, -0.2) is 4.79 Å². The van der Waals surface area contributed by atoms with Gasteiger partial charge in [0.15, 0.2) is 17.5 Å². The molecular weight excluding hydrogens is 436 g/mol. The SMILES string of the molecule is O=C(O)c1cccc(NC(=NCC2CCCO2)N2CCN(Cc3ccc4c(c3)OCO4)CC2)c1. The second-order valence-electron chi connectivity index (χ2n) is 8.76. The van der Waals surface area contributed by atoms with Gasteiger partial charge in [-0.3, -0.25) is 9.89 Å². The molecule has 2 N–H and O–H groups in total. The van der Waals surface area contributed by atoms with E-state index in [4.69, 9.17) is 19.2 Å². The number of nitrogens with one attached hydrogen (secondary N) is 1.